The third-order valence-electron chi connectivity index (χ3n) is 19.6. The number of aromatic nitrogens is 2. The predicted octanol–water partition coefficient (Wildman–Crippen LogP) is 20.3. The molecule has 0 saturated carbocycles. The van der Waals surface area contributed by atoms with Crippen LogP contribution in [-0.4, -0.2) is 9.13 Å². The Morgan fingerprint density at radius 1 is 0.212 bits per heavy atom. The molecule has 2 nitrogen and oxygen atoms in total. The van der Waals surface area contributed by atoms with Gasteiger partial charge in [-0.2, -0.15) is 0 Å². The molecule has 0 spiro atoms. The van der Waals surface area contributed by atoms with E-state index < -0.39 is 0 Å². The molecule has 2 aromatic heterocycles. The molecule has 0 radical (unpaired) electrons. The zero-order valence-corrected chi connectivity index (χ0v) is 46.8. The van der Waals surface area contributed by atoms with Gasteiger partial charge >= 0.3 is 0 Å². The summed E-state index contributed by atoms with van der Waals surface area (Å²) < 4.78 is 5.09. The van der Waals surface area contributed by atoms with E-state index in [4.69, 9.17) is 0 Å². The van der Waals surface area contributed by atoms with Gasteiger partial charge in [-0.05, 0) is 171 Å². The van der Waals surface area contributed by atoms with Gasteiger partial charge in [-0.1, -0.05) is 237 Å². The SMILES string of the molecule is CC1(C)c2ccccc2-c2ccc(-c3ccc(-c4cc5c(cc(-c6ccc(-c7ccc8c(c7)C(C)(C)c7ccccc7-8)cc6)n5-c5ccc6c(c5)C(C)(C)c5ccccc5-6)n4-c4ccc5c(c4)C(C)(C)c4ccccc4-5)cc3)cc21. The zero-order chi connectivity index (χ0) is 54.2. The fraction of sp³-hybridized carbons (Fsp3) is 0.154. The lowest BCUT2D eigenvalue weighted by molar-refractivity contribution is 0.659. The molecule has 16 rings (SSSR count). The standard InChI is InChI=1S/C78H62N2/c1-75(2)63-21-13-9-17-55(63)59-37-33-51(41-67(59)75)47-25-29-49(30-26-47)71-45-73-74(79(71)53-35-39-61-57-19-11-15-23-65(57)77(5,6)69(61)43-53)46-72(80(73)54-36-40-62-58-20-12-16-24-66(58)78(7,8)70(62)44-54)50-31-27-48(28-32-50)52-34-38-60-56-18-10-14-22-64(56)76(3,4)68(60)42-52/h9-46H,1-8H3. The molecule has 2 heteroatoms. The van der Waals surface area contributed by atoms with Crippen LogP contribution < -0.4 is 0 Å². The topological polar surface area (TPSA) is 9.86 Å². The number of benzene rings is 10. The fourth-order valence-corrected chi connectivity index (χ4v) is 15.2. The molecule has 384 valence electrons. The van der Waals surface area contributed by atoms with Crippen LogP contribution in [0.5, 0.6) is 0 Å². The summed E-state index contributed by atoms with van der Waals surface area (Å²) in [6, 6.07) is 88.0. The van der Waals surface area contributed by atoms with Crippen LogP contribution >= 0.6 is 0 Å². The van der Waals surface area contributed by atoms with Gasteiger partial charge in [-0.25, -0.2) is 0 Å². The smallest absolute Gasteiger partial charge is 0.0724 e. The number of hydrogen-bond donors (Lipinski definition) is 0. The molecule has 0 atom stereocenters. The van der Waals surface area contributed by atoms with Crippen LogP contribution in [0.4, 0.5) is 0 Å². The molecule has 4 aliphatic rings. The van der Waals surface area contributed by atoms with Gasteiger partial charge in [0.15, 0.2) is 0 Å². The third kappa shape index (κ3) is 6.42. The minimum absolute atomic E-state index is 0.0684. The van der Waals surface area contributed by atoms with Crippen molar-refractivity contribution in [3.63, 3.8) is 0 Å². The lowest BCUT2D eigenvalue weighted by atomic mass is 9.81. The second kappa shape index (κ2) is 16.3. The van der Waals surface area contributed by atoms with E-state index in [1.54, 1.807) is 0 Å². The van der Waals surface area contributed by atoms with Gasteiger partial charge in [0, 0.05) is 33.0 Å². The molecule has 4 aliphatic carbocycles. The minimum Gasteiger partial charge on any atom is -0.308 e. The lowest BCUT2D eigenvalue weighted by Crippen LogP contribution is -2.15. The zero-order valence-electron chi connectivity index (χ0n) is 46.8. The Bertz CT molecular complexity index is 4320. The van der Waals surface area contributed by atoms with Crippen LogP contribution in [0, 0.1) is 0 Å². The summed E-state index contributed by atoms with van der Waals surface area (Å²) in [5.74, 6) is 0. The summed E-state index contributed by atoms with van der Waals surface area (Å²) >= 11 is 0. The second-order valence-corrected chi connectivity index (χ2v) is 25.3. The highest BCUT2D eigenvalue weighted by Crippen LogP contribution is 2.54. The molecule has 10 aromatic carbocycles. The summed E-state index contributed by atoms with van der Waals surface area (Å²) in [4.78, 5) is 0. The van der Waals surface area contributed by atoms with E-state index in [1.165, 1.54) is 133 Å². The maximum absolute atomic E-state index is 2.55. The Morgan fingerprint density at radius 3 is 0.787 bits per heavy atom. The average Bonchev–Trinajstić information content (AvgIpc) is 4.44. The molecule has 0 N–H and O–H groups in total. The van der Waals surface area contributed by atoms with E-state index >= 15 is 0 Å². The molecule has 0 bridgehead atoms. The summed E-state index contributed by atoms with van der Waals surface area (Å²) in [6.45, 7) is 19.0. The predicted molar refractivity (Wildman–Crippen MR) is 335 cm³/mol. The van der Waals surface area contributed by atoms with E-state index in [9.17, 15) is 0 Å². The summed E-state index contributed by atoms with van der Waals surface area (Å²) in [6.07, 6.45) is 0. The molecule has 2 heterocycles. The van der Waals surface area contributed by atoms with Crippen molar-refractivity contribution in [2.75, 3.05) is 0 Å². The van der Waals surface area contributed by atoms with Crippen molar-refractivity contribution in [2.45, 2.75) is 77.0 Å². The van der Waals surface area contributed by atoms with Crippen molar-refractivity contribution in [3.8, 4) is 101 Å². The van der Waals surface area contributed by atoms with Crippen molar-refractivity contribution in [2.24, 2.45) is 0 Å². The Hall–Kier alpha value is -8.98. The number of nitrogens with zero attached hydrogens (tertiary/aromatic N) is 2. The van der Waals surface area contributed by atoms with Gasteiger partial charge in [0.25, 0.3) is 0 Å². The molecule has 80 heavy (non-hydrogen) atoms. The fourth-order valence-electron chi connectivity index (χ4n) is 15.2. The van der Waals surface area contributed by atoms with E-state index in [-0.39, 0.29) is 21.7 Å². The van der Waals surface area contributed by atoms with Gasteiger partial charge in [-0.15, -0.1) is 0 Å². The van der Waals surface area contributed by atoms with Crippen molar-refractivity contribution in [1.29, 1.82) is 0 Å². The molecule has 0 saturated heterocycles. The lowest BCUT2D eigenvalue weighted by Gasteiger charge is -2.22. The highest BCUT2D eigenvalue weighted by Gasteiger charge is 2.39. The monoisotopic (exact) mass is 1030 g/mol. The van der Waals surface area contributed by atoms with Gasteiger partial charge in [0.05, 0.1) is 22.4 Å². The van der Waals surface area contributed by atoms with Gasteiger partial charge in [0.1, 0.15) is 0 Å². The Morgan fingerprint density at radius 2 is 0.463 bits per heavy atom. The van der Waals surface area contributed by atoms with E-state index in [2.05, 4.69) is 295 Å². The number of rotatable bonds is 6. The van der Waals surface area contributed by atoms with Crippen LogP contribution in [0.3, 0.4) is 0 Å². The maximum Gasteiger partial charge on any atom is 0.0724 e. The second-order valence-electron chi connectivity index (χ2n) is 25.3. The Labute approximate surface area is 470 Å². The molecule has 0 aliphatic heterocycles. The first kappa shape index (κ1) is 47.1. The summed E-state index contributed by atoms with van der Waals surface area (Å²) in [5.41, 5.74) is 35.5. The summed E-state index contributed by atoms with van der Waals surface area (Å²) in [5, 5.41) is 0. The normalized spacial score (nSPS) is 15.7. The molecular formula is C78H62N2. The average molecular weight is 1030 g/mol. The Balaban J connectivity index is 0.881. The van der Waals surface area contributed by atoms with Crippen LogP contribution in [0.25, 0.3) is 112 Å². The first-order valence-electron chi connectivity index (χ1n) is 28.7. The molecule has 0 amide bonds. The molecule has 12 aromatic rings. The van der Waals surface area contributed by atoms with Crippen molar-refractivity contribution in [3.05, 3.63) is 275 Å². The number of hydrogen-bond acceptors (Lipinski definition) is 0. The van der Waals surface area contributed by atoms with Crippen molar-refractivity contribution < 1.29 is 0 Å². The first-order chi connectivity index (χ1) is 38.7. The highest BCUT2D eigenvalue weighted by atomic mass is 15.1. The van der Waals surface area contributed by atoms with Gasteiger partial charge < -0.3 is 9.13 Å². The highest BCUT2D eigenvalue weighted by molar-refractivity contribution is 5.96. The van der Waals surface area contributed by atoms with Crippen LogP contribution in [0.2, 0.25) is 0 Å². The van der Waals surface area contributed by atoms with Crippen molar-refractivity contribution >= 4 is 11.0 Å². The molecule has 0 fully saturated rings. The quantitative estimate of drug-likeness (QED) is 0.157. The van der Waals surface area contributed by atoms with Gasteiger partial charge in [0.2, 0.25) is 0 Å². The van der Waals surface area contributed by atoms with Gasteiger partial charge in [-0.3, -0.25) is 0 Å². The maximum atomic E-state index is 2.55. The Kier molecular flexibility index (Phi) is 9.59. The van der Waals surface area contributed by atoms with Crippen LogP contribution in [-0.2, 0) is 21.7 Å². The molecule has 0 unspecified atom stereocenters. The minimum atomic E-state index is -0.159. The van der Waals surface area contributed by atoms with E-state index in [1.807, 2.05) is 0 Å². The summed E-state index contributed by atoms with van der Waals surface area (Å²) in [7, 11) is 0. The van der Waals surface area contributed by atoms with Crippen LogP contribution in [0.1, 0.15) is 99.9 Å². The first-order valence-corrected chi connectivity index (χ1v) is 28.7. The van der Waals surface area contributed by atoms with Crippen LogP contribution in [0.15, 0.2) is 231 Å². The largest absolute Gasteiger partial charge is 0.308 e. The number of fused-ring (bicyclic) bond motifs is 13. The van der Waals surface area contributed by atoms with Crippen molar-refractivity contribution in [1.82, 2.24) is 9.13 Å². The molecular weight excluding hydrogens is 965 g/mol. The van der Waals surface area contributed by atoms with E-state index in [0.717, 1.165) is 22.8 Å². The third-order valence-corrected chi connectivity index (χ3v) is 19.6. The van der Waals surface area contributed by atoms with E-state index in [0.29, 0.717) is 0 Å².